The minimum absolute atomic E-state index is 0.197. The van der Waals surface area contributed by atoms with E-state index >= 15 is 0 Å². The van der Waals surface area contributed by atoms with E-state index in [1.807, 2.05) is 6.92 Å². The monoisotopic (exact) mass is 249 g/mol. The van der Waals surface area contributed by atoms with Crippen molar-refractivity contribution in [2.75, 3.05) is 11.9 Å². The third-order valence-electron chi connectivity index (χ3n) is 1.86. The Kier molecular flexibility index (Phi) is 10.00. The van der Waals surface area contributed by atoms with Gasteiger partial charge in [0, 0.05) is 18.3 Å². The van der Waals surface area contributed by atoms with Crippen molar-refractivity contribution < 1.29 is 4.79 Å². The maximum atomic E-state index is 11.0. The van der Waals surface area contributed by atoms with Gasteiger partial charge in [-0.25, -0.2) is 0 Å². The smallest absolute Gasteiger partial charge is 0.219 e. The number of hydrogen-bond donors (Lipinski definition) is 1. The normalized spacial score (nSPS) is 10.0. The van der Waals surface area contributed by atoms with E-state index in [4.69, 9.17) is 0 Å². The average molecular weight is 250 g/mol. The summed E-state index contributed by atoms with van der Waals surface area (Å²) in [6.45, 7) is 2.87. The largest absolute Gasteiger partial charge is 0.356 e. The Bertz CT molecular complexity index is 128. The third-order valence-corrected chi connectivity index (χ3v) is 2.42. The van der Waals surface area contributed by atoms with Crippen LogP contribution in [0.15, 0.2) is 0 Å². The van der Waals surface area contributed by atoms with Gasteiger partial charge in [0.15, 0.2) is 0 Å². The number of nitrogens with one attached hydrogen (secondary N) is 1. The Labute approximate surface area is 89.6 Å². The van der Waals surface area contributed by atoms with Gasteiger partial charge in [0.25, 0.3) is 0 Å². The Morgan fingerprint density at radius 3 is 2.54 bits per heavy atom. The van der Waals surface area contributed by atoms with E-state index in [2.05, 4.69) is 21.2 Å². The highest BCUT2D eigenvalue weighted by Crippen LogP contribution is 2.00. The third kappa shape index (κ3) is 9.87. The van der Waals surface area contributed by atoms with E-state index in [0.717, 1.165) is 24.7 Å². The molecule has 0 bridgehead atoms. The summed E-state index contributed by atoms with van der Waals surface area (Å²) in [6.07, 6.45) is 6.44. The fourth-order valence-corrected chi connectivity index (χ4v) is 1.51. The fourth-order valence-electron chi connectivity index (χ4n) is 1.12. The summed E-state index contributed by atoms with van der Waals surface area (Å²) >= 11 is 3.39. The average Bonchev–Trinajstić information content (AvgIpc) is 2.11. The van der Waals surface area contributed by atoms with Gasteiger partial charge in [-0.05, 0) is 19.3 Å². The van der Waals surface area contributed by atoms with Crippen LogP contribution in [0.5, 0.6) is 0 Å². The minimum Gasteiger partial charge on any atom is -0.356 e. The molecule has 0 unspecified atom stereocenters. The predicted molar refractivity (Wildman–Crippen MR) is 60.2 cm³/mol. The summed E-state index contributed by atoms with van der Waals surface area (Å²) in [6, 6.07) is 0. The van der Waals surface area contributed by atoms with Crippen LogP contribution < -0.4 is 5.32 Å². The molecule has 3 heteroatoms. The Hall–Kier alpha value is -0.0500. The summed E-state index contributed by atoms with van der Waals surface area (Å²) < 4.78 is 0. The van der Waals surface area contributed by atoms with Crippen LogP contribution in [0.2, 0.25) is 0 Å². The van der Waals surface area contributed by atoms with Crippen molar-refractivity contribution >= 4 is 21.8 Å². The molecule has 0 heterocycles. The summed E-state index contributed by atoms with van der Waals surface area (Å²) in [4.78, 5) is 11.0. The molecule has 0 radical (unpaired) electrons. The highest BCUT2D eigenvalue weighted by Gasteiger charge is 1.96. The second-order valence-electron chi connectivity index (χ2n) is 3.20. The highest BCUT2D eigenvalue weighted by molar-refractivity contribution is 9.09. The number of rotatable bonds is 8. The summed E-state index contributed by atoms with van der Waals surface area (Å²) in [5.74, 6) is 0.197. The number of unbranched alkanes of at least 4 members (excludes halogenated alkanes) is 3. The molecule has 0 aliphatic rings. The van der Waals surface area contributed by atoms with Crippen molar-refractivity contribution in [3.8, 4) is 0 Å². The van der Waals surface area contributed by atoms with Crippen LogP contribution in [-0.4, -0.2) is 17.8 Å². The Morgan fingerprint density at radius 1 is 1.23 bits per heavy atom. The van der Waals surface area contributed by atoms with E-state index in [-0.39, 0.29) is 5.91 Å². The first-order valence-corrected chi connectivity index (χ1v) is 6.26. The predicted octanol–water partition coefficient (Wildman–Crippen LogP) is 2.86. The lowest BCUT2D eigenvalue weighted by atomic mass is 10.2. The second kappa shape index (κ2) is 10.0. The standard InChI is InChI=1S/C10H20BrNO/c1-2-7-10(13)12-9-6-4-3-5-8-11/h2-9H2,1H3,(H,12,13). The molecule has 0 aliphatic carbocycles. The Morgan fingerprint density at radius 2 is 1.92 bits per heavy atom. The van der Waals surface area contributed by atoms with Crippen molar-refractivity contribution in [3.63, 3.8) is 0 Å². The van der Waals surface area contributed by atoms with Crippen LogP contribution in [0.3, 0.4) is 0 Å². The molecule has 1 amide bonds. The lowest BCUT2D eigenvalue weighted by molar-refractivity contribution is -0.121. The topological polar surface area (TPSA) is 29.1 Å². The van der Waals surface area contributed by atoms with E-state index in [9.17, 15) is 4.79 Å². The van der Waals surface area contributed by atoms with Gasteiger partial charge in [-0.2, -0.15) is 0 Å². The van der Waals surface area contributed by atoms with Crippen LogP contribution in [0.1, 0.15) is 45.4 Å². The van der Waals surface area contributed by atoms with Gasteiger partial charge >= 0.3 is 0 Å². The van der Waals surface area contributed by atoms with E-state index < -0.39 is 0 Å². The number of hydrogen-bond acceptors (Lipinski definition) is 1. The highest BCUT2D eigenvalue weighted by atomic mass is 79.9. The molecule has 0 fully saturated rings. The zero-order valence-electron chi connectivity index (χ0n) is 8.44. The molecule has 2 nitrogen and oxygen atoms in total. The second-order valence-corrected chi connectivity index (χ2v) is 4.00. The van der Waals surface area contributed by atoms with Gasteiger partial charge < -0.3 is 5.32 Å². The van der Waals surface area contributed by atoms with Gasteiger partial charge in [0.2, 0.25) is 5.91 Å². The number of amides is 1. The molecular weight excluding hydrogens is 230 g/mol. The fraction of sp³-hybridized carbons (Fsp3) is 0.900. The van der Waals surface area contributed by atoms with Crippen molar-refractivity contribution in [1.29, 1.82) is 0 Å². The first kappa shape index (κ1) is 12.9. The molecule has 1 N–H and O–H groups in total. The first-order chi connectivity index (χ1) is 6.31. The SMILES string of the molecule is CCCC(=O)NCCCCCCBr. The van der Waals surface area contributed by atoms with Crippen LogP contribution in [0.25, 0.3) is 0 Å². The van der Waals surface area contributed by atoms with Gasteiger partial charge in [0.05, 0.1) is 0 Å². The number of carbonyl (C=O) groups excluding carboxylic acids is 1. The minimum atomic E-state index is 0.197. The summed E-state index contributed by atoms with van der Waals surface area (Å²) in [7, 11) is 0. The van der Waals surface area contributed by atoms with Crippen LogP contribution in [0.4, 0.5) is 0 Å². The van der Waals surface area contributed by atoms with Crippen molar-refractivity contribution in [1.82, 2.24) is 5.32 Å². The molecule has 0 aromatic rings. The van der Waals surface area contributed by atoms with Crippen LogP contribution >= 0.6 is 15.9 Å². The molecule has 0 spiro atoms. The molecule has 13 heavy (non-hydrogen) atoms. The number of halogens is 1. The lowest BCUT2D eigenvalue weighted by Crippen LogP contribution is -2.23. The Balaban J connectivity index is 3.02. The number of alkyl halides is 1. The van der Waals surface area contributed by atoms with Crippen molar-refractivity contribution in [2.45, 2.75) is 45.4 Å². The molecule has 0 aromatic heterocycles. The number of carbonyl (C=O) groups is 1. The summed E-state index contributed by atoms with van der Waals surface area (Å²) in [5.41, 5.74) is 0. The van der Waals surface area contributed by atoms with E-state index in [1.54, 1.807) is 0 Å². The molecule has 0 aliphatic heterocycles. The first-order valence-electron chi connectivity index (χ1n) is 5.14. The van der Waals surface area contributed by atoms with Crippen LogP contribution in [0, 0.1) is 0 Å². The molecule has 0 rings (SSSR count). The summed E-state index contributed by atoms with van der Waals surface area (Å²) in [5, 5.41) is 4.00. The maximum absolute atomic E-state index is 11.0. The van der Waals surface area contributed by atoms with Gasteiger partial charge in [-0.15, -0.1) is 0 Å². The molecule has 0 aromatic carbocycles. The van der Waals surface area contributed by atoms with E-state index in [0.29, 0.717) is 6.42 Å². The molecule has 0 saturated heterocycles. The van der Waals surface area contributed by atoms with Crippen molar-refractivity contribution in [2.24, 2.45) is 0 Å². The lowest BCUT2D eigenvalue weighted by Gasteiger charge is -2.03. The van der Waals surface area contributed by atoms with Gasteiger partial charge in [-0.1, -0.05) is 35.7 Å². The zero-order valence-corrected chi connectivity index (χ0v) is 10.0. The van der Waals surface area contributed by atoms with Crippen LogP contribution in [-0.2, 0) is 4.79 Å². The molecule has 0 atom stereocenters. The van der Waals surface area contributed by atoms with Crippen molar-refractivity contribution in [3.05, 3.63) is 0 Å². The quantitative estimate of drug-likeness (QED) is 0.521. The molecular formula is C10H20BrNO. The van der Waals surface area contributed by atoms with Gasteiger partial charge in [0.1, 0.15) is 0 Å². The molecule has 0 saturated carbocycles. The van der Waals surface area contributed by atoms with Gasteiger partial charge in [-0.3, -0.25) is 4.79 Å². The van der Waals surface area contributed by atoms with E-state index in [1.165, 1.54) is 19.3 Å². The zero-order chi connectivity index (χ0) is 9.94. The maximum Gasteiger partial charge on any atom is 0.219 e. The molecule has 78 valence electrons.